The number of hydrogen-bond acceptors (Lipinski definition) is 3. The van der Waals surface area contributed by atoms with Gasteiger partial charge in [-0.15, -0.1) is 12.4 Å². The first kappa shape index (κ1) is 15.6. The molecule has 0 spiro atoms. The standard InChI is InChI=1S/C14H23N3O2.ClH/c18-13(16-12-5-6-15-8-12)11-2-1-7-17(9-11)14(19)10-3-4-10;/h10-12,15H,1-9H2,(H,16,18);1H. The Morgan fingerprint density at radius 3 is 2.55 bits per heavy atom. The van der Waals surface area contributed by atoms with Gasteiger partial charge in [0.1, 0.15) is 0 Å². The van der Waals surface area contributed by atoms with Gasteiger partial charge in [-0.25, -0.2) is 0 Å². The quantitative estimate of drug-likeness (QED) is 0.800. The summed E-state index contributed by atoms with van der Waals surface area (Å²) >= 11 is 0. The first-order chi connectivity index (χ1) is 9.24. The fourth-order valence-electron chi connectivity index (χ4n) is 3.08. The Morgan fingerprint density at radius 1 is 1.10 bits per heavy atom. The number of nitrogens with one attached hydrogen (secondary N) is 2. The minimum Gasteiger partial charge on any atom is -0.352 e. The maximum atomic E-state index is 12.2. The molecule has 0 bridgehead atoms. The number of halogens is 1. The molecule has 0 aromatic rings. The zero-order valence-electron chi connectivity index (χ0n) is 11.8. The number of nitrogens with zero attached hydrogens (tertiary/aromatic N) is 1. The van der Waals surface area contributed by atoms with Crippen molar-refractivity contribution in [3.63, 3.8) is 0 Å². The fraction of sp³-hybridized carbons (Fsp3) is 0.857. The van der Waals surface area contributed by atoms with Crippen LogP contribution in [0.25, 0.3) is 0 Å². The topological polar surface area (TPSA) is 61.4 Å². The van der Waals surface area contributed by atoms with Crippen molar-refractivity contribution < 1.29 is 9.59 Å². The van der Waals surface area contributed by atoms with Gasteiger partial charge in [-0.1, -0.05) is 0 Å². The smallest absolute Gasteiger partial charge is 0.225 e. The van der Waals surface area contributed by atoms with Crippen LogP contribution in [0.5, 0.6) is 0 Å². The second kappa shape index (κ2) is 6.76. The molecule has 2 atom stereocenters. The summed E-state index contributed by atoms with van der Waals surface area (Å²) in [6.07, 6.45) is 4.98. The number of likely N-dealkylation sites (tertiary alicyclic amines) is 1. The van der Waals surface area contributed by atoms with Crippen LogP contribution in [0.3, 0.4) is 0 Å². The van der Waals surface area contributed by atoms with Crippen LogP contribution < -0.4 is 10.6 Å². The lowest BCUT2D eigenvalue weighted by molar-refractivity contribution is -0.136. The summed E-state index contributed by atoms with van der Waals surface area (Å²) < 4.78 is 0. The Kier molecular flexibility index (Phi) is 5.27. The summed E-state index contributed by atoms with van der Waals surface area (Å²) in [5.41, 5.74) is 0. The van der Waals surface area contributed by atoms with Crippen molar-refractivity contribution >= 4 is 24.2 Å². The van der Waals surface area contributed by atoms with Crippen LogP contribution in [0.1, 0.15) is 32.1 Å². The molecule has 2 N–H and O–H groups in total. The van der Waals surface area contributed by atoms with Gasteiger partial charge in [0.25, 0.3) is 0 Å². The lowest BCUT2D eigenvalue weighted by Gasteiger charge is -2.32. The summed E-state index contributed by atoms with van der Waals surface area (Å²) in [6, 6.07) is 0.280. The molecule has 2 aliphatic heterocycles. The SMILES string of the molecule is Cl.O=C(NC1CCNC1)C1CCCN(C(=O)C2CC2)C1. The normalized spacial score (nSPS) is 29.7. The van der Waals surface area contributed by atoms with Crippen molar-refractivity contribution in [1.29, 1.82) is 0 Å². The number of amides is 2. The van der Waals surface area contributed by atoms with Crippen molar-refractivity contribution in [2.45, 2.75) is 38.1 Å². The Bertz CT molecular complexity index is 367. The van der Waals surface area contributed by atoms with E-state index in [0.717, 1.165) is 51.7 Å². The lowest BCUT2D eigenvalue weighted by atomic mass is 9.96. The van der Waals surface area contributed by atoms with Crippen molar-refractivity contribution in [3.05, 3.63) is 0 Å². The van der Waals surface area contributed by atoms with Crippen molar-refractivity contribution in [2.75, 3.05) is 26.2 Å². The van der Waals surface area contributed by atoms with Gasteiger partial charge in [-0.05, 0) is 38.6 Å². The van der Waals surface area contributed by atoms with E-state index in [0.29, 0.717) is 6.54 Å². The van der Waals surface area contributed by atoms with Crippen LogP contribution >= 0.6 is 12.4 Å². The number of carbonyl (C=O) groups is 2. The largest absolute Gasteiger partial charge is 0.352 e. The third-order valence-electron chi connectivity index (χ3n) is 4.44. The molecular weight excluding hydrogens is 278 g/mol. The van der Waals surface area contributed by atoms with E-state index in [1.54, 1.807) is 0 Å². The molecule has 6 heteroatoms. The molecule has 2 saturated heterocycles. The van der Waals surface area contributed by atoms with E-state index in [1.807, 2.05) is 4.90 Å². The molecule has 5 nitrogen and oxygen atoms in total. The molecule has 1 saturated carbocycles. The Balaban J connectivity index is 0.00000147. The van der Waals surface area contributed by atoms with E-state index in [-0.39, 0.29) is 42.1 Å². The summed E-state index contributed by atoms with van der Waals surface area (Å²) in [5.74, 6) is 0.680. The zero-order chi connectivity index (χ0) is 13.2. The second-order valence-electron chi connectivity index (χ2n) is 6.10. The molecule has 0 radical (unpaired) electrons. The van der Waals surface area contributed by atoms with Crippen molar-refractivity contribution in [2.24, 2.45) is 11.8 Å². The molecule has 3 aliphatic rings. The highest BCUT2D eigenvalue weighted by Crippen LogP contribution is 2.32. The molecule has 114 valence electrons. The molecule has 0 aromatic heterocycles. The number of piperidine rings is 1. The van der Waals surface area contributed by atoms with Gasteiger partial charge in [0.15, 0.2) is 0 Å². The summed E-state index contributed by atoms with van der Waals surface area (Å²) in [6.45, 7) is 3.33. The average Bonchev–Trinajstić information content (AvgIpc) is 3.17. The van der Waals surface area contributed by atoms with E-state index in [9.17, 15) is 9.59 Å². The summed E-state index contributed by atoms with van der Waals surface area (Å²) in [5, 5.41) is 6.37. The first-order valence-electron chi connectivity index (χ1n) is 7.54. The fourth-order valence-corrected chi connectivity index (χ4v) is 3.08. The Hall–Kier alpha value is -0.810. The van der Waals surface area contributed by atoms with Gasteiger partial charge in [-0.2, -0.15) is 0 Å². The van der Waals surface area contributed by atoms with Crippen LogP contribution in [0.15, 0.2) is 0 Å². The van der Waals surface area contributed by atoms with Crippen LogP contribution in [0, 0.1) is 11.8 Å². The molecule has 3 fully saturated rings. The molecule has 2 amide bonds. The van der Waals surface area contributed by atoms with Crippen LogP contribution in [-0.2, 0) is 9.59 Å². The third kappa shape index (κ3) is 3.64. The van der Waals surface area contributed by atoms with Gasteiger partial charge in [0, 0.05) is 31.6 Å². The minimum absolute atomic E-state index is 0. The third-order valence-corrected chi connectivity index (χ3v) is 4.44. The van der Waals surface area contributed by atoms with Crippen molar-refractivity contribution in [1.82, 2.24) is 15.5 Å². The summed E-state index contributed by atoms with van der Waals surface area (Å²) in [4.78, 5) is 26.2. The minimum atomic E-state index is -0.00273. The van der Waals surface area contributed by atoms with Gasteiger partial charge in [0.2, 0.25) is 11.8 Å². The number of rotatable bonds is 3. The molecule has 2 heterocycles. The Morgan fingerprint density at radius 2 is 1.90 bits per heavy atom. The van der Waals surface area contributed by atoms with Gasteiger partial charge in [-0.3, -0.25) is 9.59 Å². The average molecular weight is 302 g/mol. The maximum absolute atomic E-state index is 12.2. The predicted molar refractivity (Wildman–Crippen MR) is 78.7 cm³/mol. The predicted octanol–water partition coefficient (Wildman–Crippen LogP) is 0.535. The van der Waals surface area contributed by atoms with E-state index < -0.39 is 0 Å². The lowest BCUT2D eigenvalue weighted by Crippen LogP contribution is -2.48. The molecule has 0 aromatic carbocycles. The van der Waals surface area contributed by atoms with E-state index in [4.69, 9.17) is 0 Å². The maximum Gasteiger partial charge on any atom is 0.225 e. The van der Waals surface area contributed by atoms with Crippen LogP contribution in [0.4, 0.5) is 0 Å². The van der Waals surface area contributed by atoms with Crippen LogP contribution in [0.2, 0.25) is 0 Å². The highest BCUT2D eigenvalue weighted by molar-refractivity contribution is 5.85. The van der Waals surface area contributed by atoms with Gasteiger partial charge < -0.3 is 15.5 Å². The highest BCUT2D eigenvalue weighted by atomic mass is 35.5. The highest BCUT2D eigenvalue weighted by Gasteiger charge is 2.37. The molecule has 3 rings (SSSR count). The molecule has 2 unspecified atom stereocenters. The van der Waals surface area contributed by atoms with E-state index in [1.165, 1.54) is 0 Å². The number of carbonyl (C=O) groups excluding carboxylic acids is 2. The second-order valence-corrected chi connectivity index (χ2v) is 6.10. The zero-order valence-corrected chi connectivity index (χ0v) is 12.6. The van der Waals surface area contributed by atoms with E-state index in [2.05, 4.69) is 10.6 Å². The van der Waals surface area contributed by atoms with Crippen molar-refractivity contribution in [3.8, 4) is 0 Å². The molecule has 20 heavy (non-hydrogen) atoms. The summed E-state index contributed by atoms with van der Waals surface area (Å²) in [7, 11) is 0. The van der Waals surface area contributed by atoms with E-state index >= 15 is 0 Å². The molecular formula is C14H24ClN3O2. The first-order valence-corrected chi connectivity index (χ1v) is 7.54. The van der Waals surface area contributed by atoms with Gasteiger partial charge >= 0.3 is 0 Å². The number of hydrogen-bond donors (Lipinski definition) is 2. The monoisotopic (exact) mass is 301 g/mol. The van der Waals surface area contributed by atoms with Gasteiger partial charge in [0.05, 0.1) is 5.92 Å². The molecule has 1 aliphatic carbocycles. The van der Waals surface area contributed by atoms with Crippen LogP contribution in [-0.4, -0.2) is 48.9 Å². The Labute approximate surface area is 126 Å².